The van der Waals surface area contributed by atoms with Gasteiger partial charge < -0.3 is 15.2 Å². The number of likely N-dealkylation sites (tertiary alicyclic amines) is 1. The highest BCUT2D eigenvalue weighted by atomic mass is 16.5. The van der Waals surface area contributed by atoms with E-state index in [-0.39, 0.29) is 5.75 Å². The Kier molecular flexibility index (Phi) is 7.18. The molecule has 0 amide bonds. The van der Waals surface area contributed by atoms with Gasteiger partial charge in [-0.05, 0) is 69.8 Å². The monoisotopic (exact) mass is 320 g/mol. The van der Waals surface area contributed by atoms with Gasteiger partial charge in [-0.3, -0.25) is 4.90 Å². The molecule has 4 heteroatoms. The second-order valence-corrected chi connectivity index (χ2v) is 6.66. The number of phenolic OH excluding ortho intramolecular Hbond substituents is 1. The van der Waals surface area contributed by atoms with Crippen LogP contribution in [0.3, 0.4) is 0 Å². The summed E-state index contributed by atoms with van der Waals surface area (Å²) >= 11 is 0. The first-order valence-electron chi connectivity index (χ1n) is 8.97. The van der Waals surface area contributed by atoms with Crippen LogP contribution in [0.25, 0.3) is 0 Å². The molecule has 2 unspecified atom stereocenters. The first-order chi connectivity index (χ1) is 11.1. The van der Waals surface area contributed by atoms with E-state index in [1.165, 1.54) is 32.4 Å². The Morgan fingerprint density at radius 2 is 2.04 bits per heavy atom. The van der Waals surface area contributed by atoms with E-state index in [1.54, 1.807) is 7.11 Å². The molecule has 4 nitrogen and oxygen atoms in total. The van der Waals surface area contributed by atoms with E-state index in [1.807, 2.05) is 18.2 Å². The molecule has 0 bridgehead atoms. The average molecular weight is 320 g/mol. The first-order valence-corrected chi connectivity index (χ1v) is 8.97. The zero-order valence-electron chi connectivity index (χ0n) is 14.8. The van der Waals surface area contributed by atoms with Gasteiger partial charge in [-0.1, -0.05) is 13.0 Å². The number of nitrogens with zero attached hydrogens (tertiary/aromatic N) is 1. The molecule has 2 atom stereocenters. The number of phenols is 1. The number of hydrogen-bond donors (Lipinski definition) is 2. The highest BCUT2D eigenvalue weighted by Gasteiger charge is 2.20. The minimum Gasteiger partial charge on any atom is -0.504 e. The molecule has 23 heavy (non-hydrogen) atoms. The molecule has 0 saturated carbocycles. The zero-order valence-corrected chi connectivity index (χ0v) is 14.8. The number of ether oxygens (including phenoxy) is 1. The molecule has 0 aliphatic carbocycles. The standard InChI is InChI=1S/C19H32N2O2/c1-4-17(21-11-5-6-12-21)14-20-15(2)7-8-16-9-10-19(23-3)18(22)13-16/h9-10,13,15,17,20,22H,4-8,11-12,14H2,1-3H3. The van der Waals surface area contributed by atoms with Crippen molar-refractivity contribution in [2.24, 2.45) is 0 Å². The van der Waals surface area contributed by atoms with Gasteiger partial charge in [0.05, 0.1) is 7.11 Å². The van der Waals surface area contributed by atoms with Crippen LogP contribution < -0.4 is 10.1 Å². The third kappa shape index (κ3) is 5.40. The van der Waals surface area contributed by atoms with Crippen molar-refractivity contribution in [3.8, 4) is 11.5 Å². The Hall–Kier alpha value is -1.26. The van der Waals surface area contributed by atoms with Gasteiger partial charge in [-0.2, -0.15) is 0 Å². The third-order valence-corrected chi connectivity index (χ3v) is 4.94. The summed E-state index contributed by atoms with van der Waals surface area (Å²) in [6, 6.07) is 6.83. The molecule has 1 saturated heterocycles. The fourth-order valence-electron chi connectivity index (χ4n) is 3.35. The van der Waals surface area contributed by atoms with E-state index in [0.29, 0.717) is 17.8 Å². The van der Waals surface area contributed by atoms with Gasteiger partial charge in [0.1, 0.15) is 0 Å². The molecule has 0 radical (unpaired) electrons. The fourth-order valence-corrected chi connectivity index (χ4v) is 3.35. The fraction of sp³-hybridized carbons (Fsp3) is 0.684. The maximum Gasteiger partial charge on any atom is 0.160 e. The number of rotatable bonds is 9. The molecule has 0 spiro atoms. The lowest BCUT2D eigenvalue weighted by Crippen LogP contribution is -2.43. The molecule has 1 heterocycles. The number of nitrogens with one attached hydrogen (secondary N) is 1. The van der Waals surface area contributed by atoms with Gasteiger partial charge in [0.15, 0.2) is 11.5 Å². The predicted molar refractivity (Wildman–Crippen MR) is 95.3 cm³/mol. The van der Waals surface area contributed by atoms with Crippen LogP contribution in [-0.2, 0) is 6.42 Å². The van der Waals surface area contributed by atoms with Crippen LogP contribution in [0.4, 0.5) is 0 Å². The molecule has 0 aromatic heterocycles. The van der Waals surface area contributed by atoms with E-state index >= 15 is 0 Å². The lowest BCUT2D eigenvalue weighted by Gasteiger charge is -2.28. The minimum absolute atomic E-state index is 0.227. The number of methoxy groups -OCH3 is 1. The van der Waals surface area contributed by atoms with Gasteiger partial charge in [0.2, 0.25) is 0 Å². The van der Waals surface area contributed by atoms with Crippen molar-refractivity contribution in [1.82, 2.24) is 10.2 Å². The van der Waals surface area contributed by atoms with E-state index < -0.39 is 0 Å². The van der Waals surface area contributed by atoms with Crippen LogP contribution in [0, 0.1) is 0 Å². The van der Waals surface area contributed by atoms with E-state index in [0.717, 1.165) is 24.9 Å². The summed E-state index contributed by atoms with van der Waals surface area (Å²) in [5.41, 5.74) is 1.16. The summed E-state index contributed by atoms with van der Waals surface area (Å²) in [6.07, 6.45) is 5.96. The maximum atomic E-state index is 9.84. The summed E-state index contributed by atoms with van der Waals surface area (Å²) in [5.74, 6) is 0.766. The Balaban J connectivity index is 1.73. The lowest BCUT2D eigenvalue weighted by atomic mass is 10.0. The zero-order chi connectivity index (χ0) is 16.7. The van der Waals surface area contributed by atoms with Crippen molar-refractivity contribution < 1.29 is 9.84 Å². The van der Waals surface area contributed by atoms with E-state index in [4.69, 9.17) is 4.74 Å². The molecule has 1 fully saturated rings. The second kappa shape index (κ2) is 9.14. The molecular formula is C19H32N2O2. The Bertz CT molecular complexity index is 472. The Morgan fingerprint density at radius 3 is 2.65 bits per heavy atom. The summed E-state index contributed by atoms with van der Waals surface area (Å²) in [7, 11) is 1.57. The van der Waals surface area contributed by atoms with E-state index in [9.17, 15) is 5.11 Å². The quantitative estimate of drug-likeness (QED) is 0.733. The molecule has 1 aromatic carbocycles. The summed E-state index contributed by atoms with van der Waals surface area (Å²) < 4.78 is 5.08. The van der Waals surface area contributed by atoms with Crippen molar-refractivity contribution >= 4 is 0 Å². The van der Waals surface area contributed by atoms with Gasteiger partial charge >= 0.3 is 0 Å². The van der Waals surface area contributed by atoms with Crippen molar-refractivity contribution in [2.75, 3.05) is 26.7 Å². The van der Waals surface area contributed by atoms with Crippen molar-refractivity contribution in [3.63, 3.8) is 0 Å². The number of benzene rings is 1. The van der Waals surface area contributed by atoms with Crippen LogP contribution in [0.2, 0.25) is 0 Å². The predicted octanol–water partition coefficient (Wildman–Crippen LogP) is 3.19. The maximum absolute atomic E-state index is 9.84. The van der Waals surface area contributed by atoms with Gasteiger partial charge in [0, 0.05) is 18.6 Å². The second-order valence-electron chi connectivity index (χ2n) is 6.66. The van der Waals surface area contributed by atoms with Crippen LogP contribution in [0.5, 0.6) is 11.5 Å². The van der Waals surface area contributed by atoms with Gasteiger partial charge in [-0.15, -0.1) is 0 Å². The van der Waals surface area contributed by atoms with Crippen LogP contribution in [-0.4, -0.2) is 48.8 Å². The summed E-state index contributed by atoms with van der Waals surface area (Å²) in [4.78, 5) is 2.63. The van der Waals surface area contributed by atoms with E-state index in [2.05, 4.69) is 24.1 Å². The first kappa shape index (κ1) is 18.1. The van der Waals surface area contributed by atoms with Crippen LogP contribution in [0.1, 0.15) is 45.1 Å². The smallest absolute Gasteiger partial charge is 0.160 e. The van der Waals surface area contributed by atoms with Crippen molar-refractivity contribution in [2.45, 2.75) is 58.0 Å². The summed E-state index contributed by atoms with van der Waals surface area (Å²) in [6.45, 7) is 8.14. The minimum atomic E-state index is 0.227. The number of hydrogen-bond acceptors (Lipinski definition) is 4. The van der Waals surface area contributed by atoms with Crippen LogP contribution in [0.15, 0.2) is 18.2 Å². The normalized spacial score (nSPS) is 18.0. The summed E-state index contributed by atoms with van der Waals surface area (Å²) in [5, 5.41) is 13.5. The Labute approximate surface area is 140 Å². The molecule has 1 aromatic rings. The average Bonchev–Trinajstić information content (AvgIpc) is 3.08. The molecule has 130 valence electrons. The molecule has 2 rings (SSSR count). The molecule has 2 N–H and O–H groups in total. The van der Waals surface area contributed by atoms with Crippen LogP contribution >= 0.6 is 0 Å². The third-order valence-electron chi connectivity index (χ3n) is 4.94. The largest absolute Gasteiger partial charge is 0.504 e. The molecular weight excluding hydrogens is 288 g/mol. The van der Waals surface area contributed by atoms with Gasteiger partial charge in [-0.25, -0.2) is 0 Å². The lowest BCUT2D eigenvalue weighted by molar-refractivity contribution is 0.224. The highest BCUT2D eigenvalue weighted by Crippen LogP contribution is 2.26. The molecule has 1 aliphatic heterocycles. The van der Waals surface area contributed by atoms with Crippen molar-refractivity contribution in [1.29, 1.82) is 0 Å². The highest BCUT2D eigenvalue weighted by molar-refractivity contribution is 5.41. The molecule has 1 aliphatic rings. The van der Waals surface area contributed by atoms with Crippen molar-refractivity contribution in [3.05, 3.63) is 23.8 Å². The SMILES string of the molecule is CCC(CNC(C)CCc1ccc(OC)c(O)c1)N1CCCC1. The van der Waals surface area contributed by atoms with Gasteiger partial charge in [0.25, 0.3) is 0 Å². The topological polar surface area (TPSA) is 44.7 Å². The Morgan fingerprint density at radius 1 is 1.30 bits per heavy atom. The number of aryl methyl sites for hydroxylation is 1. The number of aromatic hydroxyl groups is 1.